The number of rotatable bonds is 6. The monoisotopic (exact) mass is 291 g/mol. The smallest absolute Gasteiger partial charge is 0.0669 e. The molecule has 0 saturated heterocycles. The lowest BCUT2D eigenvalue weighted by molar-refractivity contribution is 0.176. The lowest BCUT2D eigenvalue weighted by atomic mass is 9.72. The predicted octanol–water partition coefficient (Wildman–Crippen LogP) is 4.10. The van der Waals surface area contributed by atoms with Crippen molar-refractivity contribution < 1.29 is 0 Å². The molecule has 3 unspecified atom stereocenters. The predicted molar refractivity (Wildman–Crippen MR) is 89.3 cm³/mol. The summed E-state index contributed by atoms with van der Waals surface area (Å²) in [6, 6.07) is 0.485. The highest BCUT2D eigenvalue weighted by molar-refractivity contribution is 5.22. The van der Waals surface area contributed by atoms with Crippen LogP contribution in [0.4, 0.5) is 0 Å². The third-order valence-electron chi connectivity index (χ3n) is 4.91. The molecule has 1 saturated carbocycles. The molecule has 1 aromatic heterocycles. The molecule has 1 heterocycles. The van der Waals surface area contributed by atoms with Crippen LogP contribution in [0.3, 0.4) is 0 Å². The second-order valence-corrected chi connectivity index (χ2v) is 7.17. The van der Waals surface area contributed by atoms with Gasteiger partial charge in [-0.25, -0.2) is 0 Å². The Morgan fingerprint density at radius 3 is 2.48 bits per heavy atom. The van der Waals surface area contributed by atoms with Crippen molar-refractivity contribution in [1.29, 1.82) is 0 Å². The Kier molecular flexibility index (Phi) is 5.86. The van der Waals surface area contributed by atoms with E-state index in [2.05, 4.69) is 44.3 Å². The molecule has 3 nitrogen and oxygen atoms in total. The minimum absolute atomic E-state index is 0.485. The van der Waals surface area contributed by atoms with E-state index in [9.17, 15) is 0 Å². The van der Waals surface area contributed by atoms with Gasteiger partial charge in [-0.15, -0.1) is 0 Å². The Morgan fingerprint density at radius 2 is 1.90 bits per heavy atom. The van der Waals surface area contributed by atoms with Crippen LogP contribution in [-0.4, -0.2) is 16.3 Å². The Balaban J connectivity index is 2.24. The zero-order chi connectivity index (χ0) is 15.4. The Bertz CT molecular complexity index is 428. The van der Waals surface area contributed by atoms with Gasteiger partial charge in [0, 0.05) is 24.8 Å². The van der Waals surface area contributed by atoms with E-state index in [0.29, 0.717) is 6.04 Å². The average Bonchev–Trinajstić information content (AvgIpc) is 2.79. The number of hydrogen-bond acceptors (Lipinski definition) is 2. The van der Waals surface area contributed by atoms with Crippen molar-refractivity contribution in [1.82, 2.24) is 15.1 Å². The lowest BCUT2D eigenvalue weighted by Crippen LogP contribution is -2.34. The van der Waals surface area contributed by atoms with Gasteiger partial charge in [0.2, 0.25) is 0 Å². The number of nitrogens with one attached hydrogen (secondary N) is 1. The summed E-state index contributed by atoms with van der Waals surface area (Å²) in [4.78, 5) is 0. The van der Waals surface area contributed by atoms with Crippen LogP contribution in [0.25, 0.3) is 0 Å². The quantitative estimate of drug-likeness (QED) is 0.855. The number of hydrogen-bond donors (Lipinski definition) is 1. The molecule has 3 atom stereocenters. The first-order chi connectivity index (χ1) is 10.0. The summed E-state index contributed by atoms with van der Waals surface area (Å²) in [7, 11) is 2.05. The van der Waals surface area contributed by atoms with Gasteiger partial charge in [0.15, 0.2) is 0 Å². The molecule has 0 radical (unpaired) electrons. The number of aryl methyl sites for hydroxylation is 2. The molecule has 0 bridgehead atoms. The zero-order valence-corrected chi connectivity index (χ0v) is 14.5. The molecule has 21 heavy (non-hydrogen) atoms. The van der Waals surface area contributed by atoms with E-state index >= 15 is 0 Å². The van der Waals surface area contributed by atoms with Gasteiger partial charge in [0.1, 0.15) is 0 Å². The van der Waals surface area contributed by atoms with Crippen LogP contribution in [0.2, 0.25) is 0 Å². The summed E-state index contributed by atoms with van der Waals surface area (Å²) in [5.41, 5.74) is 2.72. The highest BCUT2D eigenvalue weighted by Gasteiger charge is 2.32. The normalized spacial score (nSPS) is 27.8. The molecular formula is C18H33N3. The van der Waals surface area contributed by atoms with Crippen molar-refractivity contribution in [3.05, 3.63) is 17.5 Å². The van der Waals surface area contributed by atoms with Gasteiger partial charge in [-0.3, -0.25) is 4.68 Å². The third kappa shape index (κ3) is 4.09. The van der Waals surface area contributed by atoms with Gasteiger partial charge in [-0.05, 0) is 56.4 Å². The summed E-state index contributed by atoms with van der Waals surface area (Å²) in [6.07, 6.45) is 8.56. The first-order valence-corrected chi connectivity index (χ1v) is 8.80. The van der Waals surface area contributed by atoms with Crippen LogP contribution in [0.15, 0.2) is 6.20 Å². The molecular weight excluding hydrogens is 258 g/mol. The van der Waals surface area contributed by atoms with Crippen LogP contribution in [0.1, 0.15) is 70.7 Å². The molecule has 120 valence electrons. The maximum Gasteiger partial charge on any atom is 0.0669 e. The molecule has 3 heteroatoms. The van der Waals surface area contributed by atoms with Crippen LogP contribution in [0.5, 0.6) is 0 Å². The van der Waals surface area contributed by atoms with Crippen molar-refractivity contribution in [2.24, 2.45) is 24.8 Å². The van der Waals surface area contributed by atoms with Gasteiger partial charge in [0.05, 0.1) is 5.69 Å². The molecule has 0 amide bonds. The average molecular weight is 291 g/mol. The molecule has 1 aromatic rings. The van der Waals surface area contributed by atoms with Crippen LogP contribution in [-0.2, 0) is 13.5 Å². The number of nitrogens with zero attached hydrogens (tertiary/aromatic N) is 2. The number of aromatic nitrogens is 2. The molecule has 1 aliphatic carbocycles. The first-order valence-electron chi connectivity index (χ1n) is 8.80. The van der Waals surface area contributed by atoms with E-state index in [1.807, 2.05) is 11.7 Å². The summed E-state index contributed by atoms with van der Waals surface area (Å²) >= 11 is 0. The topological polar surface area (TPSA) is 29.9 Å². The van der Waals surface area contributed by atoms with Gasteiger partial charge in [0.25, 0.3) is 0 Å². The largest absolute Gasteiger partial charge is 0.310 e. The third-order valence-corrected chi connectivity index (χ3v) is 4.91. The van der Waals surface area contributed by atoms with E-state index in [-0.39, 0.29) is 0 Å². The summed E-state index contributed by atoms with van der Waals surface area (Å²) in [5, 5.41) is 8.50. The Hall–Kier alpha value is -0.830. The fourth-order valence-corrected chi connectivity index (χ4v) is 4.20. The standard InChI is InChI=1S/C18H33N3/c1-6-8-19-18(15-10-13(3)9-14(4)11-15)16-12-21(5)20-17(16)7-2/h12-15,18-19H,6-11H2,1-5H3. The summed E-state index contributed by atoms with van der Waals surface area (Å²) in [5.74, 6) is 2.46. The molecule has 0 aromatic carbocycles. The fraction of sp³-hybridized carbons (Fsp3) is 0.833. The molecule has 0 spiro atoms. The summed E-state index contributed by atoms with van der Waals surface area (Å²) in [6.45, 7) is 10.4. The highest BCUT2D eigenvalue weighted by atomic mass is 15.3. The van der Waals surface area contributed by atoms with Crippen molar-refractivity contribution in [2.45, 2.75) is 65.8 Å². The van der Waals surface area contributed by atoms with Gasteiger partial charge < -0.3 is 5.32 Å². The Labute approximate surface area is 130 Å². The van der Waals surface area contributed by atoms with Crippen molar-refractivity contribution >= 4 is 0 Å². The van der Waals surface area contributed by atoms with Gasteiger partial charge in [-0.1, -0.05) is 27.7 Å². The maximum absolute atomic E-state index is 4.67. The second-order valence-electron chi connectivity index (χ2n) is 7.17. The van der Waals surface area contributed by atoms with E-state index in [1.54, 1.807) is 0 Å². The van der Waals surface area contributed by atoms with Gasteiger partial charge >= 0.3 is 0 Å². The lowest BCUT2D eigenvalue weighted by Gasteiger charge is -2.37. The minimum atomic E-state index is 0.485. The van der Waals surface area contributed by atoms with Crippen LogP contribution in [0, 0.1) is 17.8 Å². The van der Waals surface area contributed by atoms with Gasteiger partial charge in [-0.2, -0.15) is 5.10 Å². The van der Waals surface area contributed by atoms with Crippen molar-refractivity contribution in [2.75, 3.05) is 6.54 Å². The maximum atomic E-state index is 4.67. The van der Waals surface area contributed by atoms with Crippen molar-refractivity contribution in [3.8, 4) is 0 Å². The summed E-state index contributed by atoms with van der Waals surface area (Å²) < 4.78 is 1.99. The van der Waals surface area contributed by atoms with Crippen LogP contribution < -0.4 is 5.32 Å². The van der Waals surface area contributed by atoms with Crippen molar-refractivity contribution in [3.63, 3.8) is 0 Å². The molecule has 0 aliphatic heterocycles. The molecule has 2 rings (SSSR count). The van der Waals surface area contributed by atoms with E-state index in [1.165, 1.54) is 36.9 Å². The highest BCUT2D eigenvalue weighted by Crippen LogP contribution is 2.40. The zero-order valence-electron chi connectivity index (χ0n) is 14.5. The van der Waals surface area contributed by atoms with E-state index in [4.69, 9.17) is 0 Å². The fourth-order valence-electron chi connectivity index (χ4n) is 4.20. The SMILES string of the molecule is CCCNC(c1cn(C)nc1CC)C1CC(C)CC(C)C1. The van der Waals surface area contributed by atoms with E-state index < -0.39 is 0 Å². The molecule has 1 N–H and O–H groups in total. The second kappa shape index (κ2) is 7.44. The van der Waals surface area contributed by atoms with Crippen LogP contribution >= 0.6 is 0 Å². The molecule has 1 aliphatic rings. The molecule has 1 fully saturated rings. The van der Waals surface area contributed by atoms with E-state index in [0.717, 1.165) is 30.7 Å². The Morgan fingerprint density at radius 1 is 1.24 bits per heavy atom. The first kappa shape index (κ1) is 16.5. The minimum Gasteiger partial charge on any atom is -0.310 e.